The first-order valence-electron chi connectivity index (χ1n) is 7.46. The summed E-state index contributed by atoms with van der Waals surface area (Å²) < 4.78 is 27.2. The lowest BCUT2D eigenvalue weighted by Gasteiger charge is -2.11. The maximum atomic E-state index is 12.8. The van der Waals surface area contributed by atoms with E-state index in [9.17, 15) is 13.6 Å². The lowest BCUT2D eigenvalue weighted by molar-refractivity contribution is 0.0994. The van der Waals surface area contributed by atoms with E-state index < -0.39 is 18.0 Å². The fourth-order valence-electron chi connectivity index (χ4n) is 2.50. The maximum Gasteiger partial charge on any atom is 0.280 e. The number of nitrogens with two attached hydrogens (primary N) is 2. The highest BCUT2D eigenvalue weighted by molar-refractivity contribution is 6.29. The molecule has 3 aromatic heterocycles. The zero-order valence-electron chi connectivity index (χ0n) is 13.4. The Kier molecular flexibility index (Phi) is 4.44. The van der Waals surface area contributed by atoms with Gasteiger partial charge in [0, 0.05) is 23.5 Å². The highest BCUT2D eigenvalue weighted by Crippen LogP contribution is 2.22. The van der Waals surface area contributed by atoms with Gasteiger partial charge in [-0.05, 0) is 24.3 Å². The topological polar surface area (TPSA) is 123 Å². The van der Waals surface area contributed by atoms with Crippen molar-refractivity contribution < 1.29 is 13.6 Å². The molecule has 0 saturated carbocycles. The van der Waals surface area contributed by atoms with Crippen molar-refractivity contribution in [3.05, 3.63) is 71.6 Å². The van der Waals surface area contributed by atoms with Crippen LogP contribution in [-0.2, 0) is 0 Å². The minimum absolute atomic E-state index is 0.0559. The molecule has 3 rings (SSSR count). The highest BCUT2D eigenvalue weighted by Gasteiger charge is 2.17. The molecule has 0 aliphatic heterocycles. The number of alkyl halides is 2. The Hall–Kier alpha value is -3.62. The summed E-state index contributed by atoms with van der Waals surface area (Å²) in [5.41, 5.74) is 11.9. The largest absolute Gasteiger partial charge is 0.404 e. The van der Waals surface area contributed by atoms with Gasteiger partial charge < -0.3 is 11.5 Å². The lowest BCUT2D eigenvalue weighted by Crippen LogP contribution is -2.14. The summed E-state index contributed by atoms with van der Waals surface area (Å²) in [5.74, 6) is -0.658. The van der Waals surface area contributed by atoms with Crippen LogP contribution in [0, 0.1) is 5.41 Å². The second-order valence-electron chi connectivity index (χ2n) is 5.36. The number of aromatic nitrogens is 3. The Bertz CT molecular complexity index is 1040. The molecule has 0 unspecified atom stereocenters. The van der Waals surface area contributed by atoms with Crippen LogP contribution in [0.25, 0.3) is 11.2 Å². The lowest BCUT2D eigenvalue weighted by atomic mass is 10.0. The molecule has 132 valence electrons. The number of primary amides is 1. The van der Waals surface area contributed by atoms with Gasteiger partial charge in [-0.25, -0.2) is 18.7 Å². The molecular formula is C17H14F2N6O. The Morgan fingerprint density at radius 2 is 2.04 bits per heavy atom. The molecule has 0 aromatic carbocycles. The van der Waals surface area contributed by atoms with E-state index in [0.29, 0.717) is 11.2 Å². The SMILES string of the molecule is N=C(/C(=C\N)c1ccc2ncc(C(N)=O)n2c1)c1cccc(C(F)F)n1. The molecule has 0 aliphatic carbocycles. The van der Waals surface area contributed by atoms with Crippen LogP contribution in [0.3, 0.4) is 0 Å². The number of hydrogen-bond acceptors (Lipinski definition) is 5. The third-order valence-corrected chi connectivity index (χ3v) is 3.76. The molecule has 7 nitrogen and oxygen atoms in total. The Morgan fingerprint density at radius 1 is 1.27 bits per heavy atom. The van der Waals surface area contributed by atoms with Crippen LogP contribution in [0.5, 0.6) is 0 Å². The van der Waals surface area contributed by atoms with Gasteiger partial charge in [0.15, 0.2) is 0 Å². The van der Waals surface area contributed by atoms with E-state index in [2.05, 4.69) is 9.97 Å². The molecular weight excluding hydrogens is 342 g/mol. The molecule has 0 saturated heterocycles. The molecule has 0 radical (unpaired) electrons. The standard InChI is InChI=1S/C17H14F2N6O/c18-16(19)12-3-1-2-11(24-12)15(21)10(6-20)9-4-5-14-23-7-13(17(22)26)25(14)8-9/h1-8,16,21H,20H2,(H2,22,26)/b10-6-,21-15?. The third kappa shape index (κ3) is 3.02. The first-order valence-corrected chi connectivity index (χ1v) is 7.46. The first kappa shape index (κ1) is 17.2. The summed E-state index contributed by atoms with van der Waals surface area (Å²) in [6.45, 7) is 0. The minimum atomic E-state index is -2.74. The number of allylic oxidation sites excluding steroid dienone is 1. The van der Waals surface area contributed by atoms with E-state index in [1.807, 2.05) is 0 Å². The molecule has 3 heterocycles. The summed E-state index contributed by atoms with van der Waals surface area (Å²) in [4.78, 5) is 19.3. The van der Waals surface area contributed by atoms with Gasteiger partial charge in [-0.15, -0.1) is 0 Å². The number of fused-ring (bicyclic) bond motifs is 1. The molecule has 0 bridgehead atoms. The fraction of sp³-hybridized carbons (Fsp3) is 0.0588. The number of nitrogens with zero attached hydrogens (tertiary/aromatic N) is 3. The average molecular weight is 356 g/mol. The maximum absolute atomic E-state index is 12.8. The van der Waals surface area contributed by atoms with Crippen LogP contribution in [0.2, 0.25) is 0 Å². The Morgan fingerprint density at radius 3 is 2.69 bits per heavy atom. The van der Waals surface area contributed by atoms with Crippen LogP contribution in [0.4, 0.5) is 8.78 Å². The van der Waals surface area contributed by atoms with Gasteiger partial charge in [-0.3, -0.25) is 14.6 Å². The summed E-state index contributed by atoms with van der Waals surface area (Å²) >= 11 is 0. The van der Waals surface area contributed by atoms with E-state index in [1.54, 1.807) is 18.3 Å². The molecule has 0 aliphatic rings. The van der Waals surface area contributed by atoms with Crippen LogP contribution in [0.1, 0.15) is 33.9 Å². The van der Waals surface area contributed by atoms with Gasteiger partial charge in [-0.2, -0.15) is 0 Å². The van der Waals surface area contributed by atoms with Crippen LogP contribution in [-0.4, -0.2) is 26.0 Å². The number of nitrogens with one attached hydrogen (secondary N) is 1. The van der Waals surface area contributed by atoms with Crippen molar-refractivity contribution in [1.82, 2.24) is 14.4 Å². The predicted molar refractivity (Wildman–Crippen MR) is 91.9 cm³/mol. The van der Waals surface area contributed by atoms with E-state index in [4.69, 9.17) is 16.9 Å². The van der Waals surface area contributed by atoms with Crippen LogP contribution < -0.4 is 11.5 Å². The van der Waals surface area contributed by atoms with E-state index in [0.717, 1.165) is 0 Å². The zero-order valence-corrected chi connectivity index (χ0v) is 13.4. The highest BCUT2D eigenvalue weighted by atomic mass is 19.3. The van der Waals surface area contributed by atoms with Gasteiger partial charge >= 0.3 is 0 Å². The second-order valence-corrected chi connectivity index (χ2v) is 5.36. The normalized spacial score (nSPS) is 11.9. The number of amides is 1. The van der Waals surface area contributed by atoms with Gasteiger partial charge in [0.05, 0.1) is 17.6 Å². The Balaban J connectivity index is 2.05. The average Bonchev–Trinajstić information content (AvgIpc) is 3.06. The number of hydrogen-bond donors (Lipinski definition) is 3. The molecule has 0 atom stereocenters. The van der Waals surface area contributed by atoms with Gasteiger partial charge in [0.2, 0.25) is 0 Å². The molecule has 3 aromatic rings. The third-order valence-electron chi connectivity index (χ3n) is 3.76. The zero-order chi connectivity index (χ0) is 18.8. The van der Waals surface area contributed by atoms with Crippen molar-refractivity contribution in [2.75, 3.05) is 0 Å². The van der Waals surface area contributed by atoms with Crippen molar-refractivity contribution in [2.24, 2.45) is 11.5 Å². The van der Waals surface area contributed by atoms with Crippen molar-refractivity contribution in [3.8, 4) is 0 Å². The number of imidazole rings is 1. The smallest absolute Gasteiger partial charge is 0.280 e. The quantitative estimate of drug-likeness (QED) is 0.606. The molecule has 1 amide bonds. The van der Waals surface area contributed by atoms with E-state index >= 15 is 0 Å². The molecule has 5 N–H and O–H groups in total. The first-order chi connectivity index (χ1) is 12.4. The minimum Gasteiger partial charge on any atom is -0.404 e. The number of halogens is 2. The van der Waals surface area contributed by atoms with Crippen LogP contribution in [0.15, 0.2) is 48.9 Å². The molecule has 0 fully saturated rings. The van der Waals surface area contributed by atoms with Crippen molar-refractivity contribution in [2.45, 2.75) is 6.43 Å². The number of carbonyl (C=O) groups excluding carboxylic acids is 1. The van der Waals surface area contributed by atoms with E-state index in [-0.39, 0.29) is 22.7 Å². The fourth-order valence-corrected chi connectivity index (χ4v) is 2.50. The molecule has 9 heteroatoms. The van der Waals surface area contributed by atoms with Gasteiger partial charge in [0.1, 0.15) is 17.0 Å². The number of rotatable bonds is 5. The van der Waals surface area contributed by atoms with Crippen molar-refractivity contribution in [3.63, 3.8) is 0 Å². The monoisotopic (exact) mass is 356 g/mol. The predicted octanol–water partition coefficient (Wildman–Crippen LogP) is 2.13. The van der Waals surface area contributed by atoms with Gasteiger partial charge in [-0.1, -0.05) is 6.07 Å². The van der Waals surface area contributed by atoms with E-state index in [1.165, 1.54) is 35.0 Å². The van der Waals surface area contributed by atoms with Crippen molar-refractivity contribution in [1.29, 1.82) is 5.41 Å². The Labute approximate surface area is 146 Å². The van der Waals surface area contributed by atoms with Crippen molar-refractivity contribution >= 4 is 22.8 Å². The second kappa shape index (κ2) is 6.71. The molecule has 0 spiro atoms. The summed E-state index contributed by atoms with van der Waals surface area (Å²) in [7, 11) is 0. The summed E-state index contributed by atoms with van der Waals surface area (Å²) in [6, 6.07) is 7.31. The number of pyridine rings is 2. The number of carbonyl (C=O) groups is 1. The summed E-state index contributed by atoms with van der Waals surface area (Å²) in [6.07, 6.45) is 1.33. The van der Waals surface area contributed by atoms with Crippen LogP contribution >= 0.6 is 0 Å². The molecule has 26 heavy (non-hydrogen) atoms. The summed E-state index contributed by atoms with van der Waals surface area (Å²) in [5, 5.41) is 8.30. The van der Waals surface area contributed by atoms with Gasteiger partial charge in [0.25, 0.3) is 12.3 Å².